The number of primary amides is 3. The molecule has 52 heteroatoms. The fraction of sp³-hybridized carbons (Fsp3) is 0.213. The van der Waals surface area contributed by atoms with Crippen molar-refractivity contribution in [2.45, 2.75) is 75.1 Å². The first-order chi connectivity index (χ1) is 66.1. The van der Waals surface area contributed by atoms with Crippen molar-refractivity contribution in [3.8, 4) is 17.6 Å². The predicted octanol–water partition coefficient (Wildman–Crippen LogP) is 19.9. The Morgan fingerprint density at radius 2 is 0.851 bits per heavy atom. The number of ketones is 1. The molecule has 0 saturated carbocycles. The van der Waals surface area contributed by atoms with Crippen molar-refractivity contribution in [2.75, 3.05) is 78.8 Å². The van der Waals surface area contributed by atoms with Crippen LogP contribution in [-0.4, -0.2) is 151 Å². The number of Topliss-reactive ketones (excluding diaryl/α,β-unsaturated/α-hetero) is 1. The van der Waals surface area contributed by atoms with Crippen LogP contribution in [0.5, 0.6) is 11.5 Å². The van der Waals surface area contributed by atoms with Gasteiger partial charge in [0.05, 0.1) is 70.2 Å². The number of nitriles is 1. The van der Waals surface area contributed by atoms with Gasteiger partial charge in [-0.3, -0.25) is 38.1 Å². The lowest BCUT2D eigenvalue weighted by molar-refractivity contribution is -0.129. The number of aromatic amines is 2. The molecule has 0 radical (unpaired) electrons. The fourth-order valence-corrected chi connectivity index (χ4v) is 12.3. The van der Waals surface area contributed by atoms with Gasteiger partial charge in [0, 0.05) is 121 Å². The molecule has 0 bridgehead atoms. The Morgan fingerprint density at radius 3 is 1.23 bits per heavy atom. The molecule has 141 heavy (non-hydrogen) atoms. The number of nitrogens with zero attached hydrogens (tertiary/aromatic N) is 7. The molecular formula is C89H90Cl12F4N17O18P. The number of carbonyl (C=O) groups excluding carboxylic acids is 9. The van der Waals surface area contributed by atoms with E-state index in [4.69, 9.17) is 146 Å². The molecule has 0 spiro atoms. The number of rotatable bonds is 23. The van der Waals surface area contributed by atoms with Crippen molar-refractivity contribution in [1.29, 1.82) is 5.26 Å². The lowest BCUT2D eigenvalue weighted by Gasteiger charge is -2.35. The van der Waals surface area contributed by atoms with Crippen molar-refractivity contribution < 1.29 is 94.4 Å². The number of amides is 4. The molecule has 4 amide bonds. The third-order valence-electron chi connectivity index (χ3n) is 16.9. The quantitative estimate of drug-likeness (QED) is 0.00538. The number of aromatic hydroxyl groups is 2. The summed E-state index contributed by atoms with van der Waals surface area (Å²) in [6.45, 7) is 14.5. The first-order valence-corrected chi connectivity index (χ1v) is 47.6. The average Bonchev–Trinajstić information content (AvgIpc) is 0.806. The summed E-state index contributed by atoms with van der Waals surface area (Å²) in [5.74, 6) is -6.08. The molecule has 11 aromatic rings. The predicted molar refractivity (Wildman–Crippen MR) is 538 cm³/mol. The van der Waals surface area contributed by atoms with Gasteiger partial charge in [0.25, 0.3) is 22.9 Å². The normalized spacial score (nSPS) is 10.6. The second-order valence-electron chi connectivity index (χ2n) is 26.7. The Labute approximate surface area is 863 Å². The minimum atomic E-state index is -3.22. The molecule has 16 N–H and O–H groups in total. The summed E-state index contributed by atoms with van der Waals surface area (Å²) in [5.41, 5.74) is 25.0. The van der Waals surface area contributed by atoms with Gasteiger partial charge in [0.2, 0.25) is 18.1 Å². The monoisotopic (exact) mass is 2210 g/mol. The van der Waals surface area contributed by atoms with Crippen LogP contribution >= 0.6 is 143 Å². The van der Waals surface area contributed by atoms with Crippen molar-refractivity contribution >= 4 is 231 Å². The van der Waals surface area contributed by atoms with Crippen LogP contribution in [-0.2, 0) is 64.1 Å². The number of benzene rings is 5. The third kappa shape index (κ3) is 44.5. The lowest BCUT2D eigenvalue weighted by Crippen LogP contribution is -2.48. The summed E-state index contributed by atoms with van der Waals surface area (Å²) >= 11 is 66.7. The van der Waals surface area contributed by atoms with Crippen LogP contribution in [0.15, 0.2) is 174 Å². The molecule has 0 unspecified atom stereocenters. The maximum absolute atomic E-state index is 13.5. The van der Waals surface area contributed by atoms with E-state index < -0.39 is 68.6 Å². The van der Waals surface area contributed by atoms with Gasteiger partial charge in [-0.1, -0.05) is 160 Å². The topological polar surface area (TPSA) is 548 Å². The number of hydrogen-bond donors (Lipinski definition) is 12. The molecular weight excluding hydrogens is 2130 g/mol. The van der Waals surface area contributed by atoms with Crippen molar-refractivity contribution in [3.63, 3.8) is 0 Å². The van der Waals surface area contributed by atoms with Gasteiger partial charge < -0.3 is 93.1 Å². The zero-order valence-electron chi connectivity index (χ0n) is 74.0. The molecule has 1 fully saturated rings. The number of nitrogens with one attached hydrogen (secondary N) is 6. The van der Waals surface area contributed by atoms with Gasteiger partial charge in [-0.2, -0.15) is 5.26 Å². The van der Waals surface area contributed by atoms with E-state index in [0.29, 0.717) is 53.5 Å². The van der Waals surface area contributed by atoms with Gasteiger partial charge in [-0.25, -0.2) is 56.7 Å². The lowest BCUT2D eigenvalue weighted by atomic mass is 10.1. The summed E-state index contributed by atoms with van der Waals surface area (Å²) in [5, 5.41) is 35.3. The summed E-state index contributed by atoms with van der Waals surface area (Å²) in [7, 11) is 0. The first-order valence-electron chi connectivity index (χ1n) is 39.8. The largest absolute Gasteiger partial charge is 0.507 e. The molecule has 5 aromatic carbocycles. The van der Waals surface area contributed by atoms with Crippen LogP contribution in [0.2, 0.25) is 45.6 Å². The number of nitrogens with two attached hydrogens (primary N) is 4. The number of H-pyrrole nitrogens is 2. The highest BCUT2D eigenvalue weighted by Gasteiger charge is 2.25. The van der Waals surface area contributed by atoms with Crippen LogP contribution in [0, 0.1) is 34.6 Å². The molecule has 0 atom stereocenters. The zero-order chi connectivity index (χ0) is 105. The number of halogens is 16. The SMILES string of the molecule is C.CC(=O)C#N.CC(=O)N1CCN(c2ccc(Nc3ncc(C(N)=O)c(NCc4cccc(F)c4)c3Cl)cc2)CC1.CCOC(=O)c1c[nH]c(=O)c(Cl)c1O.CCOC(=O)c1c[nH]c(=O)cc1O.CCOC(=O)c1cnc(Cl)c(Cl)c1Cl.CCOC(=O)c1cnc(Cl)c(Cl)c1NCc1cccc(F)c1.NC(=O)c1cnc(Cl)c(Cl)c1NCc1cccc(F)c1.NC=O.NCc1cccc(F)c1.O=P(Cl)(Cl)Cl. The van der Waals surface area contributed by atoms with Gasteiger partial charge in [-0.15, -0.1) is 0 Å². The summed E-state index contributed by atoms with van der Waals surface area (Å²) in [6, 6.07) is 34.6. The Morgan fingerprint density at radius 1 is 0.504 bits per heavy atom. The second kappa shape index (κ2) is 64.8. The Bertz CT molecular complexity index is 6310. The van der Waals surface area contributed by atoms with Gasteiger partial charge in [-0.05, 0) is 156 Å². The Balaban J connectivity index is 0.000000563. The van der Waals surface area contributed by atoms with Crippen LogP contribution in [0.25, 0.3) is 0 Å². The van der Waals surface area contributed by atoms with Crippen LogP contribution in [0.4, 0.5) is 51.8 Å². The molecule has 6 aromatic heterocycles. The maximum atomic E-state index is 13.5. The molecule has 0 aliphatic carbocycles. The average molecular weight is 2220 g/mol. The number of carbonyl (C=O) groups is 9. The van der Waals surface area contributed by atoms with Gasteiger partial charge >= 0.3 is 29.1 Å². The molecule has 7 heterocycles. The van der Waals surface area contributed by atoms with Crippen molar-refractivity contribution in [2.24, 2.45) is 22.9 Å². The fourth-order valence-electron chi connectivity index (χ4n) is 10.6. The third-order valence-corrected chi connectivity index (χ3v) is 20.4. The summed E-state index contributed by atoms with van der Waals surface area (Å²) < 4.78 is 80.5. The van der Waals surface area contributed by atoms with Crippen molar-refractivity contribution in [1.82, 2.24) is 34.8 Å². The number of aromatic nitrogens is 6. The number of esters is 4. The highest BCUT2D eigenvalue weighted by molar-refractivity contribution is 8.24. The van der Waals surface area contributed by atoms with Crippen LogP contribution < -0.4 is 60.2 Å². The van der Waals surface area contributed by atoms with Gasteiger partial charge in [0.1, 0.15) is 87.3 Å². The maximum Gasteiger partial charge on any atom is 0.343 e. The van der Waals surface area contributed by atoms with Gasteiger partial charge in [0.15, 0.2) is 11.6 Å². The highest BCUT2D eigenvalue weighted by atomic mass is 36.0. The molecule has 12 rings (SSSR count). The van der Waals surface area contributed by atoms with E-state index in [1.54, 1.807) is 83.1 Å². The standard InChI is InChI=1S/C25H26ClFN6O2.C15H13Cl2FN2O2.C13H10Cl2FN3O.C8H6Cl3NO2.C8H8ClNO4.C8H9NO4.C7H8FN.C3H3NO.CH3NO.CH4.Cl3OP/c1-16(34)32-9-11-33(12-10-32)20-7-5-19(6-8-20)31-25-22(26)23(21(15-30-25)24(28)35)29-14-17-3-2-4-18(27)13-17;1-2-22-15(21)11-8-20-14(17)12(16)13(11)19-7-9-4-3-5-10(18)6-9;14-10-11(9(13(17)20)6-19-12(10)15)18-5-7-2-1-3-8(16)4-7;1-2-14-8(13)4-3-12-7(11)6(10)5(4)9;1-2-14-8(13)4-3-10-7(12)5(9)6(4)11;1-2-13-8(12)5-4-9-7(11)3-6(5)10;8-7-3-1-2-6(4-7)5-9;1-3(5)2-4;2-1-3;;1-5(2,3)4/h2-8,13,15H,9-12,14H2,1H3,(H2,28,35)(H2,29,30,31);3-6,8H,2,7H2,1H3,(H,19,20);1-4,6H,5H2,(H2,17,20)(H,18,19);3H,2H2,1H3;3H,2H2,1H3,(H2,10,11,12);3-4H,2H2,1H3,(H2,9,10,11);1-4H,5,9H2;1H3;1H,(H2,2,3);1H4;. The molecule has 1 aliphatic heterocycles. The van der Waals surface area contributed by atoms with Crippen LogP contribution in [0.3, 0.4) is 0 Å². The number of ether oxygens (including phenoxy) is 4. The number of anilines is 6. The summed E-state index contributed by atoms with van der Waals surface area (Å²) in [6.07, 6.45) is 7.55. The number of hydrogen-bond acceptors (Lipinski definition) is 29. The number of piperazine rings is 1. The van der Waals surface area contributed by atoms with E-state index in [1.165, 1.54) is 86.3 Å². The number of pyridine rings is 6. The zero-order valence-corrected chi connectivity index (χ0v) is 84.0. The minimum Gasteiger partial charge on any atom is -0.507 e. The molecule has 35 nitrogen and oxygen atoms in total. The van der Waals surface area contributed by atoms with E-state index in [1.807, 2.05) is 29.2 Å². The smallest absolute Gasteiger partial charge is 0.343 e. The Hall–Kier alpha value is -12.5. The molecule has 1 saturated heterocycles. The van der Waals surface area contributed by atoms with E-state index in [0.717, 1.165) is 48.5 Å². The summed E-state index contributed by atoms with van der Waals surface area (Å²) in [4.78, 5) is 144. The van der Waals surface area contributed by atoms with Crippen LogP contribution in [0.1, 0.15) is 133 Å². The van der Waals surface area contributed by atoms with Crippen molar-refractivity contribution in [3.05, 3.63) is 310 Å². The Kier molecular flexibility index (Phi) is 57.2. The van der Waals surface area contributed by atoms with E-state index in [9.17, 15) is 75.2 Å². The first kappa shape index (κ1) is 125. The van der Waals surface area contributed by atoms with E-state index >= 15 is 0 Å². The van der Waals surface area contributed by atoms with E-state index in [-0.39, 0.29) is 174 Å². The van der Waals surface area contributed by atoms with E-state index in [2.05, 4.69) is 105 Å². The minimum absolute atomic E-state index is 0. The second-order valence-corrected chi connectivity index (χ2v) is 36.6. The molecule has 1 aliphatic rings. The molecule has 756 valence electrons. The highest BCUT2D eigenvalue weighted by Crippen LogP contribution is 2.61.